The van der Waals surface area contributed by atoms with Gasteiger partial charge in [-0.3, -0.25) is 9.69 Å². The molecule has 1 unspecified atom stereocenters. The zero-order chi connectivity index (χ0) is 19.3. The van der Waals surface area contributed by atoms with Crippen molar-refractivity contribution in [3.63, 3.8) is 0 Å². The van der Waals surface area contributed by atoms with E-state index >= 15 is 0 Å². The lowest BCUT2D eigenvalue weighted by Gasteiger charge is -2.30. The van der Waals surface area contributed by atoms with Crippen LogP contribution in [0.3, 0.4) is 0 Å². The molecule has 4 rings (SSSR count). The van der Waals surface area contributed by atoms with Gasteiger partial charge in [0, 0.05) is 24.7 Å². The fourth-order valence-corrected chi connectivity index (χ4v) is 3.41. The second-order valence-electron chi connectivity index (χ2n) is 6.99. The number of nitrogens with zero attached hydrogens (tertiary/aromatic N) is 3. The molecule has 0 bridgehead atoms. The summed E-state index contributed by atoms with van der Waals surface area (Å²) in [5.74, 6) is 0.613. The first-order chi connectivity index (χ1) is 13.7. The number of morpholine rings is 1. The number of nitrogens with one attached hydrogen (secondary N) is 1. The minimum Gasteiger partial charge on any atom is -0.376 e. The van der Waals surface area contributed by atoms with Crippen LogP contribution in [0.15, 0.2) is 66.7 Å². The van der Waals surface area contributed by atoms with Crippen molar-refractivity contribution < 1.29 is 9.53 Å². The Hall–Kier alpha value is -2.96. The normalized spacial score (nSPS) is 17.4. The lowest BCUT2D eigenvalue weighted by Crippen LogP contribution is -2.44. The molecule has 144 valence electrons. The molecular weight excluding hydrogens is 352 g/mol. The largest absolute Gasteiger partial charge is 0.376 e. The van der Waals surface area contributed by atoms with E-state index in [9.17, 15) is 4.79 Å². The summed E-state index contributed by atoms with van der Waals surface area (Å²) in [4.78, 5) is 14.8. The van der Waals surface area contributed by atoms with Gasteiger partial charge in [-0.05, 0) is 19.1 Å². The molecular formula is C22H24N4O2. The molecule has 1 atom stereocenters. The molecule has 1 fully saturated rings. The van der Waals surface area contributed by atoms with Gasteiger partial charge < -0.3 is 10.1 Å². The number of ether oxygens (including phenoxy) is 1. The maximum Gasteiger partial charge on any atom is 0.239 e. The van der Waals surface area contributed by atoms with Crippen molar-refractivity contribution in [1.82, 2.24) is 14.7 Å². The van der Waals surface area contributed by atoms with Crippen LogP contribution in [0.25, 0.3) is 16.9 Å². The van der Waals surface area contributed by atoms with Gasteiger partial charge in [0.15, 0.2) is 0 Å². The Morgan fingerprint density at radius 2 is 1.86 bits per heavy atom. The fourth-order valence-electron chi connectivity index (χ4n) is 3.41. The first kappa shape index (κ1) is 18.4. The Kier molecular flexibility index (Phi) is 5.50. The van der Waals surface area contributed by atoms with Gasteiger partial charge in [0.1, 0.15) is 5.82 Å². The van der Waals surface area contributed by atoms with Crippen LogP contribution in [0.5, 0.6) is 0 Å². The number of carbonyl (C=O) groups excluding carboxylic acids is 1. The minimum absolute atomic E-state index is 0.0502. The molecule has 2 heterocycles. The molecule has 0 radical (unpaired) electrons. The summed E-state index contributed by atoms with van der Waals surface area (Å²) in [5, 5.41) is 7.77. The van der Waals surface area contributed by atoms with Crippen molar-refractivity contribution in [3.8, 4) is 16.9 Å². The monoisotopic (exact) mass is 376 g/mol. The maximum absolute atomic E-state index is 12.7. The third-order valence-electron chi connectivity index (χ3n) is 4.74. The summed E-state index contributed by atoms with van der Waals surface area (Å²) < 4.78 is 7.33. The third-order valence-corrected chi connectivity index (χ3v) is 4.74. The van der Waals surface area contributed by atoms with E-state index in [1.807, 2.05) is 73.7 Å². The highest BCUT2D eigenvalue weighted by Gasteiger charge is 2.20. The second-order valence-corrected chi connectivity index (χ2v) is 6.99. The highest BCUT2D eigenvalue weighted by molar-refractivity contribution is 5.92. The van der Waals surface area contributed by atoms with E-state index in [2.05, 4.69) is 10.2 Å². The summed E-state index contributed by atoms with van der Waals surface area (Å²) in [6, 6.07) is 21.7. The first-order valence-corrected chi connectivity index (χ1v) is 9.54. The molecule has 6 nitrogen and oxygen atoms in total. The molecule has 28 heavy (non-hydrogen) atoms. The summed E-state index contributed by atoms with van der Waals surface area (Å²) in [5.41, 5.74) is 2.73. The molecule has 1 aliphatic rings. The quantitative estimate of drug-likeness (QED) is 0.743. The van der Waals surface area contributed by atoms with Crippen LogP contribution < -0.4 is 5.32 Å². The van der Waals surface area contributed by atoms with Gasteiger partial charge in [0.2, 0.25) is 5.91 Å². The molecule has 1 aromatic heterocycles. The minimum atomic E-state index is -0.0502. The van der Waals surface area contributed by atoms with Crippen LogP contribution in [0.4, 0.5) is 5.82 Å². The first-order valence-electron chi connectivity index (χ1n) is 9.54. The van der Waals surface area contributed by atoms with Crippen molar-refractivity contribution in [2.45, 2.75) is 13.0 Å². The molecule has 0 spiro atoms. The lowest BCUT2D eigenvalue weighted by molar-refractivity contribution is -0.119. The van der Waals surface area contributed by atoms with Gasteiger partial charge in [-0.2, -0.15) is 5.10 Å². The highest BCUT2D eigenvalue weighted by Crippen LogP contribution is 2.24. The Bertz CT molecular complexity index is 924. The zero-order valence-corrected chi connectivity index (χ0v) is 15.9. The molecule has 1 aliphatic heterocycles. The average Bonchev–Trinajstić information content (AvgIpc) is 3.13. The summed E-state index contributed by atoms with van der Waals surface area (Å²) >= 11 is 0. The molecule has 3 aromatic rings. The average molecular weight is 376 g/mol. The standard InChI is InChI=1S/C22H24N4O2/c1-17-15-25(12-13-28-17)16-22(27)23-21-14-20(18-8-4-2-5-9-18)24-26(21)19-10-6-3-7-11-19/h2-11,14,17H,12-13,15-16H2,1H3,(H,23,27). The van der Waals surface area contributed by atoms with Gasteiger partial charge in [-0.25, -0.2) is 4.68 Å². The maximum atomic E-state index is 12.7. The van der Waals surface area contributed by atoms with Crippen LogP contribution in [0.1, 0.15) is 6.92 Å². The molecule has 1 N–H and O–H groups in total. The number of benzene rings is 2. The van der Waals surface area contributed by atoms with Crippen LogP contribution in [-0.2, 0) is 9.53 Å². The van der Waals surface area contributed by atoms with Crippen molar-refractivity contribution >= 4 is 11.7 Å². The van der Waals surface area contributed by atoms with E-state index in [4.69, 9.17) is 9.84 Å². The van der Waals surface area contributed by atoms with Crippen molar-refractivity contribution in [1.29, 1.82) is 0 Å². The summed E-state index contributed by atoms with van der Waals surface area (Å²) in [6.07, 6.45) is 0.154. The van der Waals surface area contributed by atoms with E-state index in [0.717, 1.165) is 30.0 Å². The Morgan fingerprint density at radius 3 is 2.57 bits per heavy atom. The third kappa shape index (κ3) is 4.30. The second kappa shape index (κ2) is 8.37. The Labute approximate surface area is 164 Å². The predicted molar refractivity (Wildman–Crippen MR) is 109 cm³/mol. The summed E-state index contributed by atoms with van der Waals surface area (Å²) in [6.45, 7) is 4.56. The SMILES string of the molecule is CC1CN(CC(=O)Nc2cc(-c3ccccc3)nn2-c2ccccc2)CCO1. The molecule has 1 amide bonds. The van der Waals surface area contributed by atoms with Gasteiger partial charge in [-0.1, -0.05) is 48.5 Å². The van der Waals surface area contributed by atoms with Gasteiger partial charge >= 0.3 is 0 Å². The number of rotatable bonds is 5. The molecule has 6 heteroatoms. The lowest BCUT2D eigenvalue weighted by atomic mass is 10.1. The van der Waals surface area contributed by atoms with Gasteiger partial charge in [0.05, 0.1) is 30.6 Å². The number of aromatic nitrogens is 2. The van der Waals surface area contributed by atoms with Crippen molar-refractivity contribution in [2.24, 2.45) is 0 Å². The number of amides is 1. The van der Waals surface area contributed by atoms with E-state index in [1.54, 1.807) is 4.68 Å². The smallest absolute Gasteiger partial charge is 0.239 e. The van der Waals surface area contributed by atoms with E-state index in [1.165, 1.54) is 0 Å². The predicted octanol–water partition coefficient (Wildman–Crippen LogP) is 3.20. The topological polar surface area (TPSA) is 59.4 Å². The number of para-hydroxylation sites is 1. The van der Waals surface area contributed by atoms with Crippen molar-refractivity contribution in [3.05, 3.63) is 66.7 Å². The van der Waals surface area contributed by atoms with Crippen molar-refractivity contribution in [2.75, 3.05) is 31.6 Å². The van der Waals surface area contributed by atoms with Crippen LogP contribution in [0.2, 0.25) is 0 Å². The van der Waals surface area contributed by atoms with E-state index in [-0.39, 0.29) is 12.0 Å². The van der Waals surface area contributed by atoms with Crippen LogP contribution in [-0.4, -0.2) is 52.9 Å². The van der Waals surface area contributed by atoms with E-state index in [0.29, 0.717) is 19.0 Å². The fraction of sp³-hybridized carbons (Fsp3) is 0.273. The summed E-state index contributed by atoms with van der Waals surface area (Å²) in [7, 11) is 0. The molecule has 1 saturated heterocycles. The van der Waals surface area contributed by atoms with Crippen LogP contribution in [0, 0.1) is 0 Å². The zero-order valence-electron chi connectivity index (χ0n) is 15.9. The van der Waals surface area contributed by atoms with Crippen LogP contribution >= 0.6 is 0 Å². The molecule has 2 aromatic carbocycles. The van der Waals surface area contributed by atoms with Gasteiger partial charge in [-0.15, -0.1) is 0 Å². The highest BCUT2D eigenvalue weighted by atomic mass is 16.5. The Balaban J connectivity index is 1.58. The van der Waals surface area contributed by atoms with E-state index < -0.39 is 0 Å². The number of carbonyl (C=O) groups is 1. The molecule has 0 aliphatic carbocycles. The number of anilines is 1. The van der Waals surface area contributed by atoms with Gasteiger partial charge in [0.25, 0.3) is 0 Å². The Morgan fingerprint density at radius 1 is 1.14 bits per heavy atom. The molecule has 0 saturated carbocycles. The number of hydrogen-bond acceptors (Lipinski definition) is 4. The number of hydrogen-bond donors (Lipinski definition) is 1.